The molecule has 0 radical (unpaired) electrons. The van der Waals surface area contributed by atoms with E-state index in [0.29, 0.717) is 6.54 Å². The van der Waals surface area contributed by atoms with Gasteiger partial charge in [0.05, 0.1) is 6.54 Å². The van der Waals surface area contributed by atoms with Gasteiger partial charge in [-0.2, -0.15) is 0 Å². The van der Waals surface area contributed by atoms with Gasteiger partial charge in [-0.3, -0.25) is 9.69 Å². The molecule has 4 nitrogen and oxygen atoms in total. The van der Waals surface area contributed by atoms with Crippen LogP contribution in [0.15, 0.2) is 54.6 Å². The Morgan fingerprint density at radius 3 is 2.33 bits per heavy atom. The first-order valence-corrected chi connectivity index (χ1v) is 6.84. The first-order chi connectivity index (χ1) is 10.1. The summed E-state index contributed by atoms with van der Waals surface area (Å²) in [4.78, 5) is 14.6. The number of para-hydroxylation sites is 1. The first kappa shape index (κ1) is 15.1. The third-order valence-corrected chi connectivity index (χ3v) is 3.30. The molecule has 0 bridgehead atoms. The molecular formula is C17H20N2O2. The second-order valence-corrected chi connectivity index (χ2v) is 5.13. The summed E-state index contributed by atoms with van der Waals surface area (Å²) in [6.07, 6.45) is 0. The Balaban J connectivity index is 2.12. The lowest BCUT2D eigenvalue weighted by molar-refractivity contribution is -0.138. The number of nitrogens with zero attached hydrogens (tertiary/aromatic N) is 2. The van der Waals surface area contributed by atoms with Gasteiger partial charge in [0.15, 0.2) is 0 Å². The highest BCUT2D eigenvalue weighted by Crippen LogP contribution is 2.24. The normalized spacial score (nSPS) is 10.6. The number of likely N-dealkylation sites (N-methyl/N-ethyl adjacent to an activating group) is 1. The zero-order valence-electron chi connectivity index (χ0n) is 12.4. The quantitative estimate of drug-likeness (QED) is 0.885. The van der Waals surface area contributed by atoms with Gasteiger partial charge in [-0.25, -0.2) is 0 Å². The van der Waals surface area contributed by atoms with Gasteiger partial charge in [0, 0.05) is 25.0 Å². The third kappa shape index (κ3) is 4.33. The summed E-state index contributed by atoms with van der Waals surface area (Å²) in [6.45, 7) is 0.654. The van der Waals surface area contributed by atoms with Crippen LogP contribution in [0.5, 0.6) is 0 Å². The molecule has 0 saturated heterocycles. The lowest BCUT2D eigenvalue weighted by Gasteiger charge is -2.21. The predicted octanol–water partition coefficient (Wildman–Crippen LogP) is 2.97. The van der Waals surface area contributed by atoms with Crippen LogP contribution in [-0.2, 0) is 11.3 Å². The number of carbonyl (C=O) groups is 1. The van der Waals surface area contributed by atoms with E-state index in [1.807, 2.05) is 50.5 Å². The monoisotopic (exact) mass is 284 g/mol. The highest BCUT2D eigenvalue weighted by molar-refractivity contribution is 5.69. The SMILES string of the molecule is CN(CC(=O)O)Cc1cccc(N(C)c2ccccc2)c1. The molecule has 2 aromatic rings. The average molecular weight is 284 g/mol. The second-order valence-electron chi connectivity index (χ2n) is 5.13. The van der Waals surface area contributed by atoms with Crippen molar-refractivity contribution in [2.45, 2.75) is 6.54 Å². The van der Waals surface area contributed by atoms with Gasteiger partial charge in [-0.1, -0.05) is 30.3 Å². The van der Waals surface area contributed by atoms with Gasteiger partial charge in [0.25, 0.3) is 0 Å². The molecule has 110 valence electrons. The van der Waals surface area contributed by atoms with Crippen molar-refractivity contribution in [3.05, 3.63) is 60.2 Å². The van der Waals surface area contributed by atoms with Crippen LogP contribution < -0.4 is 4.90 Å². The van der Waals surface area contributed by atoms with Crippen LogP contribution in [0.2, 0.25) is 0 Å². The van der Waals surface area contributed by atoms with Gasteiger partial charge < -0.3 is 10.0 Å². The Kier molecular flexibility index (Phi) is 4.95. The first-order valence-electron chi connectivity index (χ1n) is 6.84. The molecule has 0 aromatic heterocycles. The Hall–Kier alpha value is -2.33. The molecule has 21 heavy (non-hydrogen) atoms. The Morgan fingerprint density at radius 2 is 1.67 bits per heavy atom. The molecule has 1 N–H and O–H groups in total. The Labute approximate surface area is 125 Å². The number of carboxylic acid groups (broad SMARTS) is 1. The van der Waals surface area contributed by atoms with E-state index in [-0.39, 0.29) is 6.54 Å². The highest BCUT2D eigenvalue weighted by Gasteiger charge is 2.07. The van der Waals surface area contributed by atoms with Gasteiger partial charge in [-0.15, -0.1) is 0 Å². The zero-order chi connectivity index (χ0) is 15.2. The molecule has 0 saturated carbocycles. The van der Waals surface area contributed by atoms with E-state index in [4.69, 9.17) is 5.11 Å². The van der Waals surface area contributed by atoms with E-state index >= 15 is 0 Å². The molecule has 0 aliphatic rings. The van der Waals surface area contributed by atoms with E-state index < -0.39 is 5.97 Å². The van der Waals surface area contributed by atoms with Crippen LogP contribution in [0.1, 0.15) is 5.56 Å². The minimum Gasteiger partial charge on any atom is -0.480 e. The number of hydrogen-bond acceptors (Lipinski definition) is 3. The predicted molar refractivity (Wildman–Crippen MR) is 84.9 cm³/mol. The minimum atomic E-state index is -0.810. The topological polar surface area (TPSA) is 43.8 Å². The molecule has 0 heterocycles. The maximum absolute atomic E-state index is 10.7. The lowest BCUT2D eigenvalue weighted by atomic mass is 10.1. The minimum absolute atomic E-state index is 0.0404. The van der Waals surface area contributed by atoms with Crippen LogP contribution >= 0.6 is 0 Å². The molecule has 2 aromatic carbocycles. The summed E-state index contributed by atoms with van der Waals surface area (Å²) in [6, 6.07) is 18.3. The number of hydrogen-bond donors (Lipinski definition) is 1. The summed E-state index contributed by atoms with van der Waals surface area (Å²) in [7, 11) is 3.83. The summed E-state index contributed by atoms with van der Waals surface area (Å²) >= 11 is 0. The second kappa shape index (κ2) is 6.90. The van der Waals surface area contributed by atoms with E-state index in [0.717, 1.165) is 16.9 Å². The van der Waals surface area contributed by atoms with Gasteiger partial charge in [-0.05, 0) is 36.9 Å². The maximum atomic E-state index is 10.7. The molecule has 2 rings (SSSR count). The summed E-state index contributed by atoms with van der Waals surface area (Å²) in [5.41, 5.74) is 3.30. The largest absolute Gasteiger partial charge is 0.480 e. The van der Waals surface area contributed by atoms with Crippen molar-refractivity contribution >= 4 is 17.3 Å². The maximum Gasteiger partial charge on any atom is 0.317 e. The number of anilines is 2. The molecule has 0 spiro atoms. The van der Waals surface area contributed by atoms with E-state index in [2.05, 4.69) is 23.1 Å². The van der Waals surface area contributed by atoms with Gasteiger partial charge in [0.1, 0.15) is 0 Å². The van der Waals surface area contributed by atoms with Crippen molar-refractivity contribution in [3.8, 4) is 0 Å². The standard InChI is InChI=1S/C17H20N2O2/c1-18(13-17(20)21)12-14-7-6-10-16(11-14)19(2)15-8-4-3-5-9-15/h3-11H,12-13H2,1-2H3,(H,20,21). The summed E-state index contributed by atoms with van der Waals surface area (Å²) in [5, 5.41) is 8.80. The fourth-order valence-electron chi connectivity index (χ4n) is 2.26. The van der Waals surface area contributed by atoms with Crippen LogP contribution in [0.3, 0.4) is 0 Å². The van der Waals surface area contributed by atoms with Crippen molar-refractivity contribution in [1.82, 2.24) is 4.90 Å². The smallest absolute Gasteiger partial charge is 0.317 e. The van der Waals surface area contributed by atoms with Crippen LogP contribution in [0.4, 0.5) is 11.4 Å². The van der Waals surface area contributed by atoms with Crippen molar-refractivity contribution < 1.29 is 9.90 Å². The van der Waals surface area contributed by atoms with Crippen LogP contribution in [0, 0.1) is 0 Å². The number of rotatable bonds is 6. The van der Waals surface area contributed by atoms with Crippen molar-refractivity contribution in [2.75, 3.05) is 25.5 Å². The molecule has 0 amide bonds. The van der Waals surface area contributed by atoms with Crippen molar-refractivity contribution in [1.29, 1.82) is 0 Å². The fourth-order valence-corrected chi connectivity index (χ4v) is 2.26. The molecule has 4 heteroatoms. The number of benzene rings is 2. The average Bonchev–Trinajstić information content (AvgIpc) is 2.46. The summed E-state index contributed by atoms with van der Waals surface area (Å²) in [5.74, 6) is -0.810. The van der Waals surface area contributed by atoms with Crippen molar-refractivity contribution in [3.63, 3.8) is 0 Å². The Morgan fingerprint density at radius 1 is 1.00 bits per heavy atom. The van der Waals surface area contributed by atoms with Crippen molar-refractivity contribution in [2.24, 2.45) is 0 Å². The molecular weight excluding hydrogens is 264 g/mol. The third-order valence-electron chi connectivity index (χ3n) is 3.30. The molecule has 0 aliphatic heterocycles. The number of aliphatic carboxylic acids is 1. The van der Waals surface area contributed by atoms with E-state index in [1.165, 1.54) is 0 Å². The molecule has 0 fully saturated rings. The number of carboxylic acids is 1. The van der Waals surface area contributed by atoms with Crippen LogP contribution in [-0.4, -0.2) is 36.6 Å². The van der Waals surface area contributed by atoms with Gasteiger partial charge in [0.2, 0.25) is 0 Å². The zero-order valence-corrected chi connectivity index (χ0v) is 12.4. The molecule has 0 aliphatic carbocycles. The lowest BCUT2D eigenvalue weighted by Crippen LogP contribution is -2.25. The van der Waals surface area contributed by atoms with E-state index in [9.17, 15) is 4.79 Å². The summed E-state index contributed by atoms with van der Waals surface area (Å²) < 4.78 is 0. The highest BCUT2D eigenvalue weighted by atomic mass is 16.4. The Bertz CT molecular complexity index is 599. The molecule has 0 atom stereocenters. The fraction of sp³-hybridized carbons (Fsp3) is 0.235. The van der Waals surface area contributed by atoms with E-state index in [1.54, 1.807) is 4.90 Å². The van der Waals surface area contributed by atoms with Crippen LogP contribution in [0.25, 0.3) is 0 Å². The molecule has 0 unspecified atom stereocenters. The van der Waals surface area contributed by atoms with Gasteiger partial charge >= 0.3 is 5.97 Å².